The van der Waals surface area contributed by atoms with Gasteiger partial charge in [0.1, 0.15) is 0 Å². The molecular formula is C28H42N2S. The zero-order chi connectivity index (χ0) is 21.7. The first-order valence-electron chi connectivity index (χ1n) is 12.4. The average Bonchev–Trinajstić information content (AvgIpc) is 3.33. The fourth-order valence-electron chi connectivity index (χ4n) is 4.65. The monoisotopic (exact) mass is 438 g/mol. The molecule has 1 saturated carbocycles. The maximum absolute atomic E-state index is 2.78. The molecule has 2 nitrogen and oxygen atoms in total. The summed E-state index contributed by atoms with van der Waals surface area (Å²) >= 11 is 1.99. The minimum absolute atomic E-state index is 0.688. The topological polar surface area (TPSA) is 6.48 Å². The Morgan fingerprint density at radius 3 is 2.26 bits per heavy atom. The van der Waals surface area contributed by atoms with Crippen LogP contribution >= 0.6 is 11.8 Å². The molecule has 0 aromatic heterocycles. The van der Waals surface area contributed by atoms with Crippen LogP contribution in [-0.2, 0) is 6.54 Å². The highest BCUT2D eigenvalue weighted by Crippen LogP contribution is 2.26. The second kappa shape index (κ2) is 14.0. The van der Waals surface area contributed by atoms with E-state index in [1.807, 2.05) is 11.8 Å². The lowest BCUT2D eigenvalue weighted by atomic mass is 10.1. The minimum atomic E-state index is 0.688. The van der Waals surface area contributed by atoms with Crippen LogP contribution < -0.4 is 0 Å². The number of thioether (sulfide) groups is 1. The number of rotatable bonds is 14. The van der Waals surface area contributed by atoms with E-state index in [-0.39, 0.29) is 0 Å². The van der Waals surface area contributed by atoms with Gasteiger partial charge in [-0.25, -0.2) is 0 Å². The van der Waals surface area contributed by atoms with Gasteiger partial charge in [-0.3, -0.25) is 9.80 Å². The van der Waals surface area contributed by atoms with Crippen molar-refractivity contribution < 1.29 is 0 Å². The molecule has 0 radical (unpaired) electrons. The Morgan fingerprint density at radius 2 is 1.58 bits per heavy atom. The van der Waals surface area contributed by atoms with E-state index in [9.17, 15) is 0 Å². The van der Waals surface area contributed by atoms with Crippen molar-refractivity contribution in [2.75, 3.05) is 31.9 Å². The van der Waals surface area contributed by atoms with Gasteiger partial charge in [0.2, 0.25) is 0 Å². The molecule has 0 spiro atoms. The van der Waals surface area contributed by atoms with E-state index in [1.165, 1.54) is 80.9 Å². The van der Waals surface area contributed by atoms with Crippen LogP contribution in [-0.4, -0.2) is 47.8 Å². The van der Waals surface area contributed by atoms with Crippen LogP contribution in [0.3, 0.4) is 0 Å². The van der Waals surface area contributed by atoms with Crippen LogP contribution in [0.25, 0.3) is 0 Å². The van der Waals surface area contributed by atoms with Gasteiger partial charge in [0.05, 0.1) is 0 Å². The van der Waals surface area contributed by atoms with Gasteiger partial charge < -0.3 is 0 Å². The van der Waals surface area contributed by atoms with Crippen molar-refractivity contribution in [1.82, 2.24) is 9.80 Å². The van der Waals surface area contributed by atoms with E-state index in [1.54, 1.807) is 0 Å². The fourth-order valence-corrected chi connectivity index (χ4v) is 5.51. The third-order valence-electron chi connectivity index (χ3n) is 6.76. The van der Waals surface area contributed by atoms with Gasteiger partial charge in [0.25, 0.3) is 0 Å². The maximum Gasteiger partial charge on any atom is 0.0234 e. The normalized spacial score (nSPS) is 15.7. The number of hydrogen-bond donors (Lipinski definition) is 0. The van der Waals surface area contributed by atoms with Gasteiger partial charge in [0, 0.05) is 37.1 Å². The molecule has 0 heterocycles. The van der Waals surface area contributed by atoms with Gasteiger partial charge in [-0.2, -0.15) is 0 Å². The van der Waals surface area contributed by atoms with E-state index in [0.29, 0.717) is 6.04 Å². The van der Waals surface area contributed by atoms with E-state index in [2.05, 4.69) is 84.3 Å². The molecule has 0 bridgehead atoms. The zero-order valence-electron chi connectivity index (χ0n) is 19.7. The van der Waals surface area contributed by atoms with Gasteiger partial charge in [0.15, 0.2) is 0 Å². The average molecular weight is 439 g/mol. The number of nitrogens with zero attached hydrogens (tertiary/aromatic N) is 2. The van der Waals surface area contributed by atoms with Crippen LogP contribution in [0.5, 0.6) is 0 Å². The lowest BCUT2D eigenvalue weighted by Crippen LogP contribution is -2.42. The standard InChI is InChI=1S/C28H42N2S/c1-3-25(2)30(24-27-15-10-11-16-27)21-20-29(23-26-13-6-4-7-14-26)19-12-22-31-28-17-8-5-9-18-28/h4-9,13-14,17-18,25,27H,3,10-12,15-16,19-24H2,1-2H3. The minimum Gasteiger partial charge on any atom is -0.299 e. The van der Waals surface area contributed by atoms with Crippen molar-refractivity contribution in [1.29, 1.82) is 0 Å². The van der Waals surface area contributed by atoms with E-state index >= 15 is 0 Å². The molecule has 0 aliphatic heterocycles. The van der Waals surface area contributed by atoms with Crippen LogP contribution in [0, 0.1) is 5.92 Å². The summed E-state index contributed by atoms with van der Waals surface area (Å²) in [6.07, 6.45) is 8.25. The van der Waals surface area contributed by atoms with E-state index in [4.69, 9.17) is 0 Å². The molecular weight excluding hydrogens is 396 g/mol. The van der Waals surface area contributed by atoms with Crippen molar-refractivity contribution >= 4 is 11.8 Å². The highest BCUT2D eigenvalue weighted by atomic mass is 32.2. The first-order valence-corrected chi connectivity index (χ1v) is 13.4. The molecule has 1 aliphatic carbocycles. The van der Waals surface area contributed by atoms with Gasteiger partial charge in [-0.05, 0) is 68.5 Å². The summed E-state index contributed by atoms with van der Waals surface area (Å²) in [6, 6.07) is 22.5. The molecule has 3 rings (SSSR count). The second-order valence-electron chi connectivity index (χ2n) is 9.18. The fraction of sp³-hybridized carbons (Fsp3) is 0.571. The molecule has 1 atom stereocenters. The summed E-state index contributed by atoms with van der Waals surface area (Å²) in [7, 11) is 0. The van der Waals surface area contributed by atoms with E-state index in [0.717, 1.165) is 12.5 Å². The largest absolute Gasteiger partial charge is 0.299 e. The predicted molar refractivity (Wildman–Crippen MR) is 137 cm³/mol. The summed E-state index contributed by atoms with van der Waals surface area (Å²) in [4.78, 5) is 6.86. The third-order valence-corrected chi connectivity index (χ3v) is 7.86. The van der Waals surface area contributed by atoms with Crippen LogP contribution in [0.1, 0.15) is 57.9 Å². The quantitative estimate of drug-likeness (QED) is 0.232. The molecule has 31 heavy (non-hydrogen) atoms. The smallest absolute Gasteiger partial charge is 0.0234 e. The lowest BCUT2D eigenvalue weighted by Gasteiger charge is -2.33. The summed E-state index contributed by atoms with van der Waals surface area (Å²) in [6.45, 7) is 10.7. The predicted octanol–water partition coefficient (Wildman–Crippen LogP) is 6.96. The SMILES string of the molecule is CCC(C)N(CCN(CCCSc1ccccc1)Cc1ccccc1)CC1CCCC1. The van der Waals surface area contributed by atoms with Crippen molar-refractivity contribution in [3.05, 3.63) is 66.2 Å². The Hall–Kier alpha value is -1.29. The summed E-state index contributed by atoms with van der Waals surface area (Å²) in [5.74, 6) is 2.12. The lowest BCUT2D eigenvalue weighted by molar-refractivity contribution is 0.141. The Bertz CT molecular complexity index is 699. The zero-order valence-corrected chi connectivity index (χ0v) is 20.5. The van der Waals surface area contributed by atoms with Gasteiger partial charge >= 0.3 is 0 Å². The molecule has 1 unspecified atom stereocenters. The second-order valence-corrected chi connectivity index (χ2v) is 10.3. The van der Waals surface area contributed by atoms with Crippen LogP contribution in [0.4, 0.5) is 0 Å². The Labute approximate surface area is 195 Å². The third kappa shape index (κ3) is 9.00. The Balaban J connectivity index is 1.52. The van der Waals surface area contributed by atoms with Crippen molar-refractivity contribution in [2.24, 2.45) is 5.92 Å². The highest BCUT2D eigenvalue weighted by Gasteiger charge is 2.21. The van der Waals surface area contributed by atoms with Crippen molar-refractivity contribution in [3.63, 3.8) is 0 Å². The molecule has 2 aromatic rings. The Kier molecular flexibility index (Phi) is 11.0. The van der Waals surface area contributed by atoms with Gasteiger partial charge in [-0.15, -0.1) is 11.8 Å². The summed E-state index contributed by atoms with van der Waals surface area (Å²) in [5.41, 5.74) is 1.43. The van der Waals surface area contributed by atoms with Crippen LogP contribution in [0.2, 0.25) is 0 Å². The molecule has 3 heteroatoms. The molecule has 2 aromatic carbocycles. The van der Waals surface area contributed by atoms with E-state index < -0.39 is 0 Å². The van der Waals surface area contributed by atoms with Crippen LogP contribution in [0.15, 0.2) is 65.6 Å². The molecule has 1 fully saturated rings. The first-order chi connectivity index (χ1) is 15.2. The highest BCUT2D eigenvalue weighted by molar-refractivity contribution is 7.99. The molecule has 0 amide bonds. The number of benzene rings is 2. The van der Waals surface area contributed by atoms with Gasteiger partial charge in [-0.1, -0.05) is 68.3 Å². The molecule has 170 valence electrons. The molecule has 0 saturated heterocycles. The first kappa shape index (κ1) is 24.4. The number of hydrogen-bond acceptors (Lipinski definition) is 3. The maximum atomic E-state index is 2.78. The Morgan fingerprint density at radius 1 is 0.903 bits per heavy atom. The molecule has 1 aliphatic rings. The molecule has 0 N–H and O–H groups in total. The summed E-state index contributed by atoms with van der Waals surface area (Å²) in [5, 5.41) is 0. The van der Waals surface area contributed by atoms with Crippen molar-refractivity contribution in [2.45, 2.75) is 69.9 Å². The van der Waals surface area contributed by atoms with Crippen molar-refractivity contribution in [3.8, 4) is 0 Å². The summed E-state index contributed by atoms with van der Waals surface area (Å²) < 4.78 is 0.